The van der Waals surface area contributed by atoms with Crippen molar-refractivity contribution in [2.75, 3.05) is 0 Å². The Labute approximate surface area is 78.6 Å². The molecule has 0 unspecified atom stereocenters. The van der Waals surface area contributed by atoms with Crippen molar-refractivity contribution in [3.8, 4) is 0 Å². The maximum absolute atomic E-state index is 11.3. The van der Waals surface area contributed by atoms with Gasteiger partial charge in [0, 0.05) is 10.9 Å². The molecule has 14 heavy (non-hydrogen) atoms. The van der Waals surface area contributed by atoms with Crippen LogP contribution in [0.25, 0.3) is 10.8 Å². The van der Waals surface area contributed by atoms with Crippen LogP contribution in [0.5, 0.6) is 0 Å². The van der Waals surface area contributed by atoms with Crippen LogP contribution < -0.4 is 5.56 Å². The number of nitrogens with zero attached hydrogens (tertiary/aromatic N) is 1. The fourth-order valence-corrected chi connectivity index (χ4v) is 1.26. The minimum absolute atomic E-state index is 0.286. The zero-order chi connectivity index (χ0) is 10.1. The highest BCUT2D eigenvalue weighted by Gasteiger charge is 2.05. The van der Waals surface area contributed by atoms with Gasteiger partial charge in [-0.3, -0.25) is 4.79 Å². The van der Waals surface area contributed by atoms with Crippen molar-refractivity contribution in [2.45, 2.75) is 6.29 Å². The van der Waals surface area contributed by atoms with Gasteiger partial charge in [0.1, 0.15) is 0 Å². The molecule has 72 valence electrons. The maximum Gasteiger partial charge on any atom is 0.272 e. The Bertz CT molecular complexity index is 519. The lowest BCUT2D eigenvalue weighted by atomic mass is 10.1. The third kappa shape index (κ3) is 1.39. The number of rotatable bonds is 1. The first-order valence-corrected chi connectivity index (χ1v) is 4.02. The van der Waals surface area contributed by atoms with E-state index in [-0.39, 0.29) is 11.1 Å². The molecule has 0 fully saturated rings. The molecule has 2 aromatic rings. The number of benzene rings is 1. The summed E-state index contributed by atoms with van der Waals surface area (Å²) in [6.45, 7) is 0. The highest BCUT2D eigenvalue weighted by Crippen LogP contribution is 2.15. The number of aliphatic hydroxyl groups is 2. The van der Waals surface area contributed by atoms with E-state index in [9.17, 15) is 4.79 Å². The van der Waals surface area contributed by atoms with Gasteiger partial charge in [-0.05, 0) is 6.07 Å². The molecule has 0 aliphatic carbocycles. The van der Waals surface area contributed by atoms with Gasteiger partial charge >= 0.3 is 0 Å². The molecule has 3 N–H and O–H groups in total. The van der Waals surface area contributed by atoms with Gasteiger partial charge in [0.2, 0.25) is 0 Å². The minimum Gasteiger partial charge on any atom is -0.364 e. The van der Waals surface area contributed by atoms with E-state index >= 15 is 0 Å². The van der Waals surface area contributed by atoms with Crippen LogP contribution in [-0.2, 0) is 0 Å². The lowest BCUT2D eigenvalue weighted by Crippen LogP contribution is -2.08. The molecule has 0 aliphatic rings. The predicted octanol–water partition coefficient (Wildman–Crippen LogP) is -0.0937. The van der Waals surface area contributed by atoms with Crippen molar-refractivity contribution in [2.24, 2.45) is 0 Å². The molecule has 0 spiro atoms. The molecule has 5 nitrogen and oxygen atoms in total. The third-order valence-electron chi connectivity index (χ3n) is 1.99. The average Bonchev–Trinajstić information content (AvgIpc) is 2.18. The molecule has 0 atom stereocenters. The average molecular weight is 192 g/mol. The van der Waals surface area contributed by atoms with E-state index in [4.69, 9.17) is 10.2 Å². The molecule has 1 aromatic carbocycles. The van der Waals surface area contributed by atoms with E-state index in [1.807, 2.05) is 0 Å². The van der Waals surface area contributed by atoms with Gasteiger partial charge < -0.3 is 10.2 Å². The second-order valence-corrected chi connectivity index (χ2v) is 2.92. The van der Waals surface area contributed by atoms with Crippen molar-refractivity contribution >= 4 is 10.8 Å². The van der Waals surface area contributed by atoms with Crippen LogP contribution in [0.15, 0.2) is 29.2 Å². The van der Waals surface area contributed by atoms with Crippen LogP contribution in [0.1, 0.15) is 11.9 Å². The van der Waals surface area contributed by atoms with Crippen molar-refractivity contribution in [1.82, 2.24) is 10.2 Å². The second-order valence-electron chi connectivity index (χ2n) is 2.92. The van der Waals surface area contributed by atoms with Crippen LogP contribution in [-0.4, -0.2) is 20.4 Å². The standard InChI is InChI=1S/C9H8N2O3/c12-8-7-3-5(9(13)14)1-2-6(7)4-10-11-8/h1-4,9,13-14H,(H,11,12). The number of aromatic nitrogens is 2. The van der Waals surface area contributed by atoms with Gasteiger partial charge in [0.25, 0.3) is 5.56 Å². The first kappa shape index (κ1) is 8.86. The monoisotopic (exact) mass is 192 g/mol. The highest BCUT2D eigenvalue weighted by molar-refractivity contribution is 5.81. The van der Waals surface area contributed by atoms with Gasteiger partial charge in [-0.25, -0.2) is 5.10 Å². The van der Waals surface area contributed by atoms with Crippen LogP contribution in [0.3, 0.4) is 0 Å². The molecule has 0 radical (unpaired) electrons. The summed E-state index contributed by atoms with van der Waals surface area (Å²) < 4.78 is 0. The van der Waals surface area contributed by atoms with E-state index < -0.39 is 6.29 Å². The van der Waals surface area contributed by atoms with Gasteiger partial charge in [0.05, 0.1) is 11.6 Å². The Balaban J connectivity index is 2.76. The summed E-state index contributed by atoms with van der Waals surface area (Å²) in [7, 11) is 0. The minimum atomic E-state index is -1.56. The van der Waals surface area contributed by atoms with Crippen molar-refractivity contribution in [1.29, 1.82) is 0 Å². The summed E-state index contributed by atoms with van der Waals surface area (Å²) >= 11 is 0. The maximum atomic E-state index is 11.3. The fraction of sp³-hybridized carbons (Fsp3) is 0.111. The summed E-state index contributed by atoms with van der Waals surface area (Å²) in [5.41, 5.74) is -0.0563. The van der Waals surface area contributed by atoms with Gasteiger partial charge in [-0.2, -0.15) is 5.10 Å². The summed E-state index contributed by atoms with van der Waals surface area (Å²) in [6.07, 6.45) is -0.0588. The van der Waals surface area contributed by atoms with E-state index in [0.29, 0.717) is 10.8 Å². The van der Waals surface area contributed by atoms with Gasteiger partial charge in [-0.15, -0.1) is 0 Å². The molecular formula is C9H8N2O3. The Kier molecular flexibility index (Phi) is 2.03. The van der Waals surface area contributed by atoms with Crippen LogP contribution in [0.4, 0.5) is 0 Å². The lowest BCUT2D eigenvalue weighted by Gasteiger charge is -2.03. The van der Waals surface area contributed by atoms with Crippen molar-refractivity contribution in [3.05, 3.63) is 40.3 Å². The molecule has 0 bridgehead atoms. The molecule has 0 amide bonds. The number of hydrogen-bond acceptors (Lipinski definition) is 4. The molecule has 0 aliphatic heterocycles. The molecule has 0 saturated heterocycles. The number of H-pyrrole nitrogens is 1. The lowest BCUT2D eigenvalue weighted by molar-refractivity contribution is -0.0423. The smallest absolute Gasteiger partial charge is 0.272 e. The Morgan fingerprint density at radius 2 is 2.14 bits per heavy atom. The quantitative estimate of drug-likeness (QED) is 0.551. The number of aliphatic hydroxyl groups excluding tert-OH is 1. The van der Waals surface area contributed by atoms with E-state index in [1.165, 1.54) is 18.3 Å². The number of fused-ring (bicyclic) bond motifs is 1. The molecule has 5 heteroatoms. The van der Waals surface area contributed by atoms with Crippen LogP contribution >= 0.6 is 0 Å². The predicted molar refractivity (Wildman–Crippen MR) is 49.5 cm³/mol. The SMILES string of the molecule is O=c1[nH]ncc2ccc(C(O)O)cc12. The summed E-state index contributed by atoms with van der Waals surface area (Å²) in [6, 6.07) is 4.58. The third-order valence-corrected chi connectivity index (χ3v) is 1.99. The Morgan fingerprint density at radius 3 is 2.86 bits per heavy atom. The molecule has 1 heterocycles. The topological polar surface area (TPSA) is 86.2 Å². The highest BCUT2D eigenvalue weighted by atomic mass is 16.5. The van der Waals surface area contributed by atoms with E-state index in [0.717, 1.165) is 0 Å². The first-order valence-electron chi connectivity index (χ1n) is 4.02. The number of aromatic amines is 1. The van der Waals surface area contributed by atoms with Crippen molar-refractivity contribution < 1.29 is 10.2 Å². The normalized spacial score (nSPS) is 11.1. The van der Waals surface area contributed by atoms with Gasteiger partial charge in [0.15, 0.2) is 6.29 Å². The summed E-state index contributed by atoms with van der Waals surface area (Å²) in [4.78, 5) is 11.3. The Hall–Kier alpha value is -1.72. The zero-order valence-electron chi connectivity index (χ0n) is 7.14. The Morgan fingerprint density at radius 1 is 1.36 bits per heavy atom. The second kappa shape index (κ2) is 3.21. The zero-order valence-corrected chi connectivity index (χ0v) is 7.14. The summed E-state index contributed by atoms with van der Waals surface area (Å²) in [5.74, 6) is 0. The van der Waals surface area contributed by atoms with Crippen LogP contribution in [0.2, 0.25) is 0 Å². The van der Waals surface area contributed by atoms with Crippen molar-refractivity contribution in [3.63, 3.8) is 0 Å². The van der Waals surface area contributed by atoms with E-state index in [1.54, 1.807) is 6.07 Å². The van der Waals surface area contributed by atoms with E-state index in [2.05, 4.69) is 10.2 Å². The fourth-order valence-electron chi connectivity index (χ4n) is 1.26. The van der Waals surface area contributed by atoms with Gasteiger partial charge in [-0.1, -0.05) is 12.1 Å². The van der Waals surface area contributed by atoms with Crippen LogP contribution in [0, 0.1) is 0 Å². The number of nitrogens with one attached hydrogen (secondary N) is 1. The molecule has 1 aromatic heterocycles. The molecule has 2 rings (SSSR count). The summed E-state index contributed by atoms with van der Waals surface area (Å²) in [5, 5.41) is 24.8. The molecule has 0 saturated carbocycles. The largest absolute Gasteiger partial charge is 0.364 e. The number of hydrogen-bond donors (Lipinski definition) is 3. The molecular weight excluding hydrogens is 184 g/mol. The first-order chi connectivity index (χ1) is 6.68.